The molecule has 1 aliphatic rings. The number of nitrogen functional groups attached to an aromatic ring is 1. The van der Waals surface area contributed by atoms with E-state index >= 15 is 0 Å². The molecule has 0 radical (unpaired) electrons. The van der Waals surface area contributed by atoms with Crippen molar-refractivity contribution in [1.82, 2.24) is 5.01 Å². The van der Waals surface area contributed by atoms with Gasteiger partial charge in [-0.3, -0.25) is 0 Å². The lowest BCUT2D eigenvalue weighted by atomic mass is 10.2. The molecule has 0 atom stereocenters. The first-order valence-electron chi connectivity index (χ1n) is 5.91. The number of primary sulfonamides is 1. The normalized spacial score (nSPS) is 17.6. The first kappa shape index (κ1) is 13.1. The van der Waals surface area contributed by atoms with Crippen LogP contribution in [0.5, 0.6) is 0 Å². The SMILES string of the molecule is Nc1cc(S(N)(=O)=O)ccc1NN1CCCCC1. The number of hydrogen-bond acceptors (Lipinski definition) is 5. The smallest absolute Gasteiger partial charge is 0.238 e. The van der Waals surface area contributed by atoms with Gasteiger partial charge < -0.3 is 11.2 Å². The molecule has 1 fully saturated rings. The summed E-state index contributed by atoms with van der Waals surface area (Å²) in [5.74, 6) is 0. The van der Waals surface area contributed by atoms with E-state index in [4.69, 9.17) is 10.9 Å². The number of nitrogens with two attached hydrogens (primary N) is 2. The van der Waals surface area contributed by atoms with Crippen molar-refractivity contribution >= 4 is 21.4 Å². The molecule has 0 saturated carbocycles. The van der Waals surface area contributed by atoms with Crippen LogP contribution < -0.4 is 16.3 Å². The average Bonchev–Trinajstić information content (AvgIpc) is 2.32. The van der Waals surface area contributed by atoms with Crippen LogP contribution in [0.3, 0.4) is 0 Å². The summed E-state index contributed by atoms with van der Waals surface area (Å²) in [6, 6.07) is 4.48. The standard InChI is InChI=1S/C11H18N4O2S/c12-10-8-9(18(13,16)17)4-5-11(10)14-15-6-2-1-3-7-15/h4-5,8,14H,1-3,6-7,12H2,(H2,13,16,17). The van der Waals surface area contributed by atoms with Gasteiger partial charge >= 0.3 is 0 Å². The van der Waals surface area contributed by atoms with E-state index in [1.54, 1.807) is 6.07 Å². The van der Waals surface area contributed by atoms with E-state index in [2.05, 4.69) is 10.4 Å². The zero-order valence-electron chi connectivity index (χ0n) is 10.1. The molecule has 1 aliphatic heterocycles. The van der Waals surface area contributed by atoms with Crippen LogP contribution in [0, 0.1) is 0 Å². The van der Waals surface area contributed by atoms with Gasteiger partial charge in [0, 0.05) is 13.1 Å². The van der Waals surface area contributed by atoms with E-state index < -0.39 is 10.0 Å². The molecule has 5 N–H and O–H groups in total. The van der Waals surface area contributed by atoms with Gasteiger partial charge in [0.25, 0.3) is 0 Å². The fourth-order valence-electron chi connectivity index (χ4n) is 2.00. The van der Waals surface area contributed by atoms with Gasteiger partial charge in [0.15, 0.2) is 0 Å². The highest BCUT2D eigenvalue weighted by Gasteiger charge is 2.13. The van der Waals surface area contributed by atoms with Crippen LogP contribution in [0.4, 0.5) is 11.4 Å². The summed E-state index contributed by atoms with van der Waals surface area (Å²) < 4.78 is 22.4. The van der Waals surface area contributed by atoms with Crippen molar-refractivity contribution in [3.8, 4) is 0 Å². The predicted molar refractivity (Wildman–Crippen MR) is 71.3 cm³/mol. The summed E-state index contributed by atoms with van der Waals surface area (Å²) in [4.78, 5) is 0.0317. The Morgan fingerprint density at radius 2 is 1.83 bits per heavy atom. The molecule has 6 nitrogen and oxygen atoms in total. The maximum Gasteiger partial charge on any atom is 0.238 e. The zero-order chi connectivity index (χ0) is 13.2. The number of piperidine rings is 1. The van der Waals surface area contributed by atoms with Crippen molar-refractivity contribution in [2.75, 3.05) is 24.2 Å². The number of anilines is 2. The molecule has 1 aromatic rings. The van der Waals surface area contributed by atoms with Crippen LogP contribution in [0.25, 0.3) is 0 Å². The second kappa shape index (κ2) is 5.13. The molecule has 1 heterocycles. The summed E-state index contributed by atoms with van der Waals surface area (Å²) in [6.45, 7) is 1.94. The molecule has 0 aliphatic carbocycles. The fourth-order valence-corrected chi connectivity index (χ4v) is 2.54. The zero-order valence-corrected chi connectivity index (χ0v) is 10.9. The first-order chi connectivity index (χ1) is 8.47. The molecule has 100 valence electrons. The molecular weight excluding hydrogens is 252 g/mol. The first-order valence-corrected chi connectivity index (χ1v) is 7.45. The number of benzene rings is 1. The Balaban J connectivity index is 2.14. The minimum Gasteiger partial charge on any atom is -0.397 e. The molecule has 18 heavy (non-hydrogen) atoms. The lowest BCUT2D eigenvalue weighted by Gasteiger charge is -2.28. The van der Waals surface area contributed by atoms with Crippen LogP contribution in [0.1, 0.15) is 19.3 Å². The van der Waals surface area contributed by atoms with E-state index in [0.717, 1.165) is 25.9 Å². The molecule has 0 amide bonds. The van der Waals surface area contributed by atoms with Crippen LogP contribution in [0.2, 0.25) is 0 Å². The molecular formula is C11H18N4O2S. The number of nitrogens with one attached hydrogen (secondary N) is 1. The van der Waals surface area contributed by atoms with Gasteiger partial charge in [-0.1, -0.05) is 6.42 Å². The van der Waals surface area contributed by atoms with Gasteiger partial charge in [0.2, 0.25) is 10.0 Å². The fraction of sp³-hybridized carbons (Fsp3) is 0.455. The lowest BCUT2D eigenvalue weighted by Crippen LogP contribution is -2.35. The Bertz CT molecular complexity index is 524. The molecule has 0 unspecified atom stereocenters. The Hall–Kier alpha value is -1.31. The summed E-state index contributed by atoms with van der Waals surface area (Å²) in [7, 11) is -3.70. The van der Waals surface area contributed by atoms with Gasteiger partial charge in [-0.15, -0.1) is 0 Å². The Morgan fingerprint density at radius 1 is 1.17 bits per heavy atom. The maximum absolute atomic E-state index is 11.2. The second-order valence-electron chi connectivity index (χ2n) is 4.45. The van der Waals surface area contributed by atoms with Gasteiger partial charge in [-0.25, -0.2) is 18.6 Å². The quantitative estimate of drug-likeness (QED) is 0.703. The molecule has 2 rings (SSSR count). The number of rotatable bonds is 3. The van der Waals surface area contributed by atoms with Gasteiger partial charge in [0.05, 0.1) is 16.3 Å². The molecule has 1 saturated heterocycles. The summed E-state index contributed by atoms with van der Waals surface area (Å²) in [6.07, 6.45) is 3.56. The largest absolute Gasteiger partial charge is 0.397 e. The predicted octanol–water partition coefficient (Wildman–Crippen LogP) is 0.729. The van der Waals surface area contributed by atoms with E-state index in [1.807, 2.05) is 0 Å². The van der Waals surface area contributed by atoms with Crippen molar-refractivity contribution in [3.05, 3.63) is 18.2 Å². The van der Waals surface area contributed by atoms with Gasteiger partial charge in [-0.05, 0) is 31.0 Å². The van der Waals surface area contributed by atoms with E-state index in [-0.39, 0.29) is 4.90 Å². The van der Waals surface area contributed by atoms with E-state index in [9.17, 15) is 8.42 Å². The highest BCUT2D eigenvalue weighted by molar-refractivity contribution is 7.89. The minimum absolute atomic E-state index is 0.0317. The third kappa shape index (κ3) is 3.12. The molecule has 0 bridgehead atoms. The molecule has 1 aromatic carbocycles. The second-order valence-corrected chi connectivity index (χ2v) is 6.02. The summed E-state index contributed by atoms with van der Waals surface area (Å²) in [5.41, 5.74) is 10.1. The molecule has 0 aromatic heterocycles. The van der Waals surface area contributed by atoms with Crippen molar-refractivity contribution in [2.24, 2.45) is 5.14 Å². The lowest BCUT2D eigenvalue weighted by molar-refractivity contribution is 0.273. The monoisotopic (exact) mass is 270 g/mol. The van der Waals surface area contributed by atoms with Gasteiger partial charge in [0.1, 0.15) is 0 Å². The van der Waals surface area contributed by atoms with Crippen LogP contribution >= 0.6 is 0 Å². The Morgan fingerprint density at radius 3 is 2.39 bits per heavy atom. The van der Waals surface area contributed by atoms with E-state index in [0.29, 0.717) is 11.4 Å². The van der Waals surface area contributed by atoms with E-state index in [1.165, 1.54) is 18.6 Å². The molecule has 0 spiro atoms. The number of hydrogen-bond donors (Lipinski definition) is 3. The number of nitrogens with zero attached hydrogens (tertiary/aromatic N) is 1. The van der Waals surface area contributed by atoms with Crippen molar-refractivity contribution in [2.45, 2.75) is 24.2 Å². The Labute approximate surface area is 107 Å². The van der Waals surface area contributed by atoms with Crippen LogP contribution in [-0.4, -0.2) is 26.5 Å². The Kier molecular flexibility index (Phi) is 3.74. The van der Waals surface area contributed by atoms with Crippen LogP contribution in [-0.2, 0) is 10.0 Å². The van der Waals surface area contributed by atoms with Crippen LogP contribution in [0.15, 0.2) is 23.1 Å². The molecule has 7 heteroatoms. The van der Waals surface area contributed by atoms with Crippen molar-refractivity contribution < 1.29 is 8.42 Å². The topological polar surface area (TPSA) is 101 Å². The minimum atomic E-state index is -3.70. The average molecular weight is 270 g/mol. The van der Waals surface area contributed by atoms with Crippen molar-refractivity contribution in [3.63, 3.8) is 0 Å². The number of hydrazine groups is 1. The highest BCUT2D eigenvalue weighted by atomic mass is 32.2. The summed E-state index contributed by atoms with van der Waals surface area (Å²) in [5, 5.41) is 7.13. The summed E-state index contributed by atoms with van der Waals surface area (Å²) >= 11 is 0. The third-order valence-electron chi connectivity index (χ3n) is 2.99. The van der Waals surface area contributed by atoms with Crippen molar-refractivity contribution in [1.29, 1.82) is 0 Å². The number of sulfonamides is 1. The third-order valence-corrected chi connectivity index (χ3v) is 3.90. The maximum atomic E-state index is 11.2. The van der Waals surface area contributed by atoms with Gasteiger partial charge in [-0.2, -0.15) is 0 Å². The highest BCUT2D eigenvalue weighted by Crippen LogP contribution is 2.23.